The van der Waals surface area contributed by atoms with Crippen LogP contribution < -0.4 is 0 Å². The maximum absolute atomic E-state index is 13.1. The van der Waals surface area contributed by atoms with Crippen molar-refractivity contribution in [2.75, 3.05) is 0 Å². The molecule has 0 spiro atoms. The van der Waals surface area contributed by atoms with E-state index in [0.717, 1.165) is 17.5 Å². The highest BCUT2D eigenvalue weighted by Gasteiger charge is 2.06. The van der Waals surface area contributed by atoms with Crippen molar-refractivity contribution in [2.24, 2.45) is 0 Å². The second-order valence-corrected chi connectivity index (χ2v) is 4.07. The van der Waals surface area contributed by atoms with Gasteiger partial charge in [0.25, 0.3) is 0 Å². The third kappa shape index (κ3) is 2.22. The molecule has 0 amide bonds. The molecule has 0 unspecified atom stereocenters. The summed E-state index contributed by atoms with van der Waals surface area (Å²) in [5.41, 5.74) is 3.59. The highest BCUT2D eigenvalue weighted by atomic mass is 19.1. The summed E-state index contributed by atoms with van der Waals surface area (Å²) in [6.45, 7) is 1.94. The van der Waals surface area contributed by atoms with Gasteiger partial charge in [-0.15, -0.1) is 0 Å². The lowest BCUT2D eigenvalue weighted by molar-refractivity contribution is 0.624. The van der Waals surface area contributed by atoms with E-state index in [4.69, 9.17) is 0 Å². The number of aryl methyl sites for hydroxylation is 1. The maximum Gasteiger partial charge on any atom is 0.123 e. The number of hydrogen-bond acceptors (Lipinski definition) is 0. The van der Waals surface area contributed by atoms with Crippen molar-refractivity contribution in [1.29, 1.82) is 0 Å². The van der Waals surface area contributed by atoms with Crippen LogP contribution in [0, 0.1) is 12.7 Å². The van der Waals surface area contributed by atoms with Crippen LogP contribution in [0.2, 0.25) is 0 Å². The molecule has 1 heteroatoms. The van der Waals surface area contributed by atoms with Crippen molar-refractivity contribution in [3.8, 4) is 0 Å². The molecule has 0 bridgehead atoms. The molecule has 0 heterocycles. The topological polar surface area (TPSA) is 0 Å². The Bertz CT molecular complexity index is 343. The standard InChI is InChI=1S/C13H15F/c1-10-6-12(9-13(14)7-10)8-11-4-2-3-5-11/h4,6-7,9H,2-3,5,8H2,1H3. The fraction of sp³-hybridized carbons (Fsp3) is 0.385. The van der Waals surface area contributed by atoms with Gasteiger partial charge in [0.2, 0.25) is 0 Å². The van der Waals surface area contributed by atoms with Gasteiger partial charge in [-0.2, -0.15) is 0 Å². The van der Waals surface area contributed by atoms with Crippen molar-refractivity contribution in [3.63, 3.8) is 0 Å². The number of hydrogen-bond donors (Lipinski definition) is 0. The van der Waals surface area contributed by atoms with E-state index < -0.39 is 0 Å². The average Bonchev–Trinajstić information content (AvgIpc) is 2.54. The van der Waals surface area contributed by atoms with Crippen LogP contribution in [0.3, 0.4) is 0 Å². The molecule has 0 radical (unpaired) electrons. The Hall–Kier alpha value is -1.11. The smallest absolute Gasteiger partial charge is 0.123 e. The van der Waals surface area contributed by atoms with Crippen LogP contribution in [0.5, 0.6) is 0 Å². The lowest BCUT2D eigenvalue weighted by Crippen LogP contribution is -1.90. The Kier molecular flexibility index (Phi) is 2.67. The van der Waals surface area contributed by atoms with Crippen LogP contribution in [0.4, 0.5) is 4.39 Å². The zero-order valence-electron chi connectivity index (χ0n) is 8.52. The quantitative estimate of drug-likeness (QED) is 0.622. The summed E-state index contributed by atoms with van der Waals surface area (Å²) in [5.74, 6) is -0.112. The SMILES string of the molecule is Cc1cc(F)cc(CC2=CCCC2)c1. The summed E-state index contributed by atoms with van der Waals surface area (Å²) in [6, 6.07) is 5.29. The van der Waals surface area contributed by atoms with Gasteiger partial charge in [0.1, 0.15) is 5.82 Å². The largest absolute Gasteiger partial charge is 0.207 e. The van der Waals surface area contributed by atoms with E-state index in [2.05, 4.69) is 12.1 Å². The van der Waals surface area contributed by atoms with E-state index >= 15 is 0 Å². The summed E-state index contributed by atoms with van der Waals surface area (Å²) < 4.78 is 13.1. The molecule has 0 fully saturated rings. The molecule has 14 heavy (non-hydrogen) atoms. The summed E-state index contributed by atoms with van der Waals surface area (Å²) in [4.78, 5) is 0. The summed E-state index contributed by atoms with van der Waals surface area (Å²) in [7, 11) is 0. The van der Waals surface area contributed by atoms with Gasteiger partial charge >= 0.3 is 0 Å². The lowest BCUT2D eigenvalue weighted by Gasteiger charge is -2.04. The van der Waals surface area contributed by atoms with Gasteiger partial charge in [0.15, 0.2) is 0 Å². The Morgan fingerprint density at radius 1 is 1.29 bits per heavy atom. The lowest BCUT2D eigenvalue weighted by atomic mass is 10.0. The van der Waals surface area contributed by atoms with Crippen LogP contribution in [0.15, 0.2) is 29.8 Å². The normalized spacial score (nSPS) is 15.7. The molecule has 0 aliphatic heterocycles. The molecular formula is C13H15F. The summed E-state index contributed by atoms with van der Waals surface area (Å²) in [5, 5.41) is 0. The average molecular weight is 190 g/mol. The second-order valence-electron chi connectivity index (χ2n) is 4.07. The maximum atomic E-state index is 13.1. The fourth-order valence-electron chi connectivity index (χ4n) is 2.07. The van der Waals surface area contributed by atoms with Crippen molar-refractivity contribution in [3.05, 3.63) is 46.8 Å². The van der Waals surface area contributed by atoms with Gasteiger partial charge in [0, 0.05) is 0 Å². The first-order chi connectivity index (χ1) is 6.74. The molecule has 1 aromatic rings. The van der Waals surface area contributed by atoms with Crippen LogP contribution in [-0.4, -0.2) is 0 Å². The molecule has 74 valence electrons. The monoisotopic (exact) mass is 190 g/mol. The minimum absolute atomic E-state index is 0.112. The molecule has 1 aliphatic rings. The number of halogens is 1. The van der Waals surface area contributed by atoms with Crippen molar-refractivity contribution in [1.82, 2.24) is 0 Å². The highest BCUT2D eigenvalue weighted by molar-refractivity contribution is 5.28. The van der Waals surface area contributed by atoms with E-state index in [1.165, 1.54) is 24.8 Å². The first-order valence-corrected chi connectivity index (χ1v) is 5.18. The second kappa shape index (κ2) is 3.95. The molecule has 1 aromatic carbocycles. The van der Waals surface area contributed by atoms with Crippen molar-refractivity contribution >= 4 is 0 Å². The fourth-order valence-corrected chi connectivity index (χ4v) is 2.07. The predicted octanol–water partition coefficient (Wildman–Crippen LogP) is 3.79. The molecule has 0 N–H and O–H groups in total. The molecule has 2 rings (SSSR count). The zero-order valence-corrected chi connectivity index (χ0v) is 8.52. The van der Waals surface area contributed by atoms with Gasteiger partial charge in [0.05, 0.1) is 0 Å². The van der Waals surface area contributed by atoms with Crippen molar-refractivity contribution in [2.45, 2.75) is 32.6 Å². The molecule has 0 atom stereocenters. The van der Waals surface area contributed by atoms with Gasteiger partial charge in [-0.05, 0) is 55.9 Å². The van der Waals surface area contributed by atoms with Crippen LogP contribution in [0.1, 0.15) is 30.4 Å². The minimum atomic E-state index is -0.112. The first kappa shape index (κ1) is 9.45. The summed E-state index contributed by atoms with van der Waals surface area (Å²) >= 11 is 0. The number of rotatable bonds is 2. The Labute approximate surface area is 84.5 Å². The Morgan fingerprint density at radius 2 is 2.14 bits per heavy atom. The molecule has 0 aromatic heterocycles. The predicted molar refractivity (Wildman–Crippen MR) is 56.8 cm³/mol. The van der Waals surface area contributed by atoms with Gasteiger partial charge in [-0.25, -0.2) is 4.39 Å². The Balaban J connectivity index is 2.15. The summed E-state index contributed by atoms with van der Waals surface area (Å²) in [6.07, 6.45) is 6.88. The van der Waals surface area contributed by atoms with E-state index in [1.54, 1.807) is 12.1 Å². The van der Waals surface area contributed by atoms with E-state index in [0.29, 0.717) is 0 Å². The Morgan fingerprint density at radius 3 is 2.79 bits per heavy atom. The van der Waals surface area contributed by atoms with Crippen LogP contribution in [-0.2, 0) is 6.42 Å². The number of benzene rings is 1. The molecule has 0 saturated heterocycles. The van der Waals surface area contributed by atoms with E-state index in [-0.39, 0.29) is 5.82 Å². The molecule has 0 saturated carbocycles. The van der Waals surface area contributed by atoms with E-state index in [9.17, 15) is 4.39 Å². The van der Waals surface area contributed by atoms with Crippen LogP contribution >= 0.6 is 0 Å². The first-order valence-electron chi connectivity index (χ1n) is 5.18. The van der Waals surface area contributed by atoms with Gasteiger partial charge < -0.3 is 0 Å². The third-order valence-electron chi connectivity index (χ3n) is 2.67. The van der Waals surface area contributed by atoms with Gasteiger partial charge in [-0.3, -0.25) is 0 Å². The molecule has 0 nitrogen and oxygen atoms in total. The highest BCUT2D eigenvalue weighted by Crippen LogP contribution is 2.22. The zero-order chi connectivity index (χ0) is 9.97. The van der Waals surface area contributed by atoms with Crippen LogP contribution in [0.25, 0.3) is 0 Å². The minimum Gasteiger partial charge on any atom is -0.207 e. The van der Waals surface area contributed by atoms with Gasteiger partial charge in [-0.1, -0.05) is 17.7 Å². The van der Waals surface area contributed by atoms with E-state index in [1.807, 2.05) is 6.92 Å². The number of allylic oxidation sites excluding steroid dienone is 2. The third-order valence-corrected chi connectivity index (χ3v) is 2.67. The van der Waals surface area contributed by atoms with Crippen molar-refractivity contribution < 1.29 is 4.39 Å². The molecule has 1 aliphatic carbocycles. The molecular weight excluding hydrogens is 175 g/mol.